The minimum absolute atomic E-state index is 0.00401. The Hall–Kier alpha value is -3.17. The number of sulfonamides is 1. The summed E-state index contributed by atoms with van der Waals surface area (Å²) in [5, 5.41) is 11.7. The van der Waals surface area contributed by atoms with Gasteiger partial charge in [-0.1, -0.05) is 17.7 Å². The molecule has 0 saturated heterocycles. The highest BCUT2D eigenvalue weighted by atomic mass is 32.2. The van der Waals surface area contributed by atoms with Crippen LogP contribution >= 0.6 is 0 Å². The quantitative estimate of drug-likeness (QED) is 0.489. The first-order chi connectivity index (χ1) is 12.9. The summed E-state index contributed by atoms with van der Waals surface area (Å²) in [6, 6.07) is 9.35. The van der Waals surface area contributed by atoms with Crippen molar-refractivity contribution in [2.24, 2.45) is 0 Å². The number of hydrogen-bond acceptors (Lipinski definition) is 6. The number of furan rings is 2. The summed E-state index contributed by atoms with van der Waals surface area (Å²) >= 11 is 0. The lowest BCUT2D eigenvalue weighted by Gasteiger charge is -2.15. The molecule has 0 aliphatic heterocycles. The molecule has 1 atom stereocenters. The maximum absolute atomic E-state index is 12.8. The number of nitro groups is 1. The summed E-state index contributed by atoms with van der Waals surface area (Å²) in [5.74, 6) is 0.0946. The number of aryl methyl sites for hydroxylation is 1. The molecule has 3 aromatic rings. The average Bonchev–Trinajstić information content (AvgIpc) is 3.32. The summed E-state index contributed by atoms with van der Waals surface area (Å²) in [7, 11) is -4.04. The molecule has 0 bridgehead atoms. The van der Waals surface area contributed by atoms with Gasteiger partial charge in [-0.2, -0.15) is 4.72 Å². The molecule has 0 radical (unpaired) electrons. The van der Waals surface area contributed by atoms with E-state index in [0.717, 1.165) is 5.56 Å². The molecule has 1 unspecified atom stereocenters. The van der Waals surface area contributed by atoms with E-state index in [9.17, 15) is 18.5 Å². The van der Waals surface area contributed by atoms with Gasteiger partial charge in [0.2, 0.25) is 10.0 Å². The third-order valence-electron chi connectivity index (χ3n) is 3.80. The van der Waals surface area contributed by atoms with Gasteiger partial charge in [-0.25, -0.2) is 8.42 Å². The van der Waals surface area contributed by atoms with Gasteiger partial charge >= 0.3 is 0 Å². The van der Waals surface area contributed by atoms with Crippen molar-refractivity contribution in [2.75, 3.05) is 0 Å². The van der Waals surface area contributed by atoms with Crippen LogP contribution in [0.4, 0.5) is 0 Å². The van der Waals surface area contributed by atoms with Crippen LogP contribution in [0.1, 0.15) is 22.9 Å². The van der Waals surface area contributed by atoms with Crippen molar-refractivity contribution in [3.63, 3.8) is 0 Å². The van der Waals surface area contributed by atoms with Crippen LogP contribution in [-0.4, -0.2) is 13.3 Å². The zero-order chi connectivity index (χ0) is 19.4. The van der Waals surface area contributed by atoms with E-state index in [1.807, 2.05) is 6.92 Å². The van der Waals surface area contributed by atoms with Gasteiger partial charge in [0, 0.05) is 11.6 Å². The molecule has 1 N–H and O–H groups in total. The fraction of sp³-hybridized carbons (Fsp3) is 0.111. The molecule has 0 saturated carbocycles. The maximum atomic E-state index is 12.8. The molecule has 2 heterocycles. The second-order valence-corrected chi connectivity index (χ2v) is 7.48. The Morgan fingerprint density at radius 3 is 2.48 bits per heavy atom. The SMILES string of the molecule is Cc1ccc(S(=O)(=O)NC(/C(=C/c2ccoc2)[N+](=O)[O-])c2ccco2)cc1. The fourth-order valence-corrected chi connectivity index (χ4v) is 3.61. The lowest BCUT2D eigenvalue weighted by atomic mass is 10.1. The van der Waals surface area contributed by atoms with Gasteiger partial charge in [0.1, 0.15) is 5.76 Å². The summed E-state index contributed by atoms with van der Waals surface area (Å²) in [6.07, 6.45) is 5.23. The van der Waals surface area contributed by atoms with E-state index in [-0.39, 0.29) is 10.7 Å². The number of nitrogens with one attached hydrogen (secondary N) is 1. The minimum atomic E-state index is -4.04. The van der Waals surface area contributed by atoms with E-state index in [0.29, 0.717) is 5.56 Å². The van der Waals surface area contributed by atoms with E-state index in [1.165, 1.54) is 55.2 Å². The van der Waals surface area contributed by atoms with Gasteiger partial charge in [-0.15, -0.1) is 0 Å². The van der Waals surface area contributed by atoms with Gasteiger partial charge in [0.25, 0.3) is 5.70 Å². The molecule has 1 aromatic carbocycles. The van der Waals surface area contributed by atoms with Crippen molar-refractivity contribution in [3.05, 3.63) is 94.0 Å². The Kier molecular flexibility index (Phi) is 5.24. The first kappa shape index (κ1) is 18.6. The molecule has 0 spiro atoms. The molecule has 0 amide bonds. The Balaban J connectivity index is 2.04. The second-order valence-electron chi connectivity index (χ2n) is 5.77. The molecular formula is C18H16N2O6S. The van der Waals surface area contributed by atoms with Crippen molar-refractivity contribution in [3.8, 4) is 0 Å². The lowest BCUT2D eigenvalue weighted by molar-refractivity contribution is -0.429. The predicted molar refractivity (Wildman–Crippen MR) is 96.6 cm³/mol. The first-order valence-corrected chi connectivity index (χ1v) is 9.36. The molecule has 8 nitrogen and oxygen atoms in total. The van der Waals surface area contributed by atoms with Crippen LogP contribution in [0.15, 0.2) is 80.7 Å². The smallest absolute Gasteiger partial charge is 0.272 e. The molecule has 9 heteroatoms. The minimum Gasteiger partial charge on any atom is -0.472 e. The van der Waals surface area contributed by atoms with Crippen molar-refractivity contribution < 1.29 is 22.2 Å². The molecule has 27 heavy (non-hydrogen) atoms. The maximum Gasteiger partial charge on any atom is 0.272 e. The van der Waals surface area contributed by atoms with Crippen LogP contribution in [0.5, 0.6) is 0 Å². The normalized spacial score (nSPS) is 13.4. The average molecular weight is 388 g/mol. The van der Waals surface area contributed by atoms with Gasteiger partial charge in [0.15, 0.2) is 6.04 Å². The molecule has 0 fully saturated rings. The van der Waals surface area contributed by atoms with Crippen LogP contribution in [0.25, 0.3) is 6.08 Å². The van der Waals surface area contributed by atoms with Crippen molar-refractivity contribution in [1.82, 2.24) is 4.72 Å². The van der Waals surface area contributed by atoms with E-state index >= 15 is 0 Å². The number of benzene rings is 1. The monoisotopic (exact) mass is 388 g/mol. The Labute approximate surface area is 155 Å². The zero-order valence-corrected chi connectivity index (χ0v) is 15.0. The molecule has 140 valence electrons. The molecule has 2 aromatic heterocycles. The van der Waals surface area contributed by atoms with Crippen LogP contribution < -0.4 is 4.72 Å². The summed E-state index contributed by atoms with van der Waals surface area (Å²) in [6.45, 7) is 1.83. The van der Waals surface area contributed by atoms with Crippen LogP contribution in [0.3, 0.4) is 0 Å². The predicted octanol–water partition coefficient (Wildman–Crippen LogP) is 3.52. The van der Waals surface area contributed by atoms with Crippen molar-refractivity contribution in [2.45, 2.75) is 17.9 Å². The third-order valence-corrected chi connectivity index (χ3v) is 5.24. The van der Waals surface area contributed by atoms with E-state index in [4.69, 9.17) is 8.83 Å². The molecular weight excluding hydrogens is 372 g/mol. The Morgan fingerprint density at radius 2 is 1.93 bits per heavy atom. The fourth-order valence-electron chi connectivity index (χ4n) is 2.43. The van der Waals surface area contributed by atoms with Gasteiger partial charge in [0.05, 0.1) is 28.6 Å². The zero-order valence-electron chi connectivity index (χ0n) is 14.2. The molecule has 0 aliphatic carbocycles. The standard InChI is InChI=1S/C18H16N2O6S/c1-13-4-6-15(7-5-13)27(23,24)19-18(17-3-2-9-26-17)16(20(21)22)11-14-8-10-25-12-14/h2-12,18-19H,1H3/b16-11-. The third kappa shape index (κ3) is 4.33. The van der Waals surface area contributed by atoms with Crippen LogP contribution in [0.2, 0.25) is 0 Å². The van der Waals surface area contributed by atoms with Crippen LogP contribution in [0, 0.1) is 17.0 Å². The first-order valence-electron chi connectivity index (χ1n) is 7.87. The number of hydrogen-bond donors (Lipinski definition) is 1. The largest absolute Gasteiger partial charge is 0.472 e. The number of nitrogens with zero attached hydrogens (tertiary/aromatic N) is 1. The van der Waals surface area contributed by atoms with Gasteiger partial charge in [-0.05, 0) is 37.3 Å². The Morgan fingerprint density at radius 1 is 1.19 bits per heavy atom. The highest BCUT2D eigenvalue weighted by Gasteiger charge is 2.33. The molecule has 3 rings (SSSR count). The lowest BCUT2D eigenvalue weighted by Crippen LogP contribution is -2.31. The van der Waals surface area contributed by atoms with E-state index < -0.39 is 26.7 Å². The topological polar surface area (TPSA) is 116 Å². The van der Waals surface area contributed by atoms with Gasteiger partial charge < -0.3 is 8.83 Å². The Bertz CT molecular complexity index is 1040. The van der Waals surface area contributed by atoms with Crippen molar-refractivity contribution in [1.29, 1.82) is 0 Å². The van der Waals surface area contributed by atoms with E-state index in [1.54, 1.807) is 12.1 Å². The van der Waals surface area contributed by atoms with Crippen LogP contribution in [-0.2, 0) is 10.0 Å². The summed E-state index contributed by atoms with van der Waals surface area (Å²) in [4.78, 5) is 11.0. The number of rotatable bonds is 7. The molecule has 0 aliphatic rings. The highest BCUT2D eigenvalue weighted by Crippen LogP contribution is 2.27. The second kappa shape index (κ2) is 7.60. The van der Waals surface area contributed by atoms with Gasteiger partial charge in [-0.3, -0.25) is 10.1 Å². The summed E-state index contributed by atoms with van der Waals surface area (Å²) < 4.78 is 38.0. The highest BCUT2D eigenvalue weighted by molar-refractivity contribution is 7.89. The van der Waals surface area contributed by atoms with E-state index in [2.05, 4.69) is 4.72 Å². The van der Waals surface area contributed by atoms with Crippen molar-refractivity contribution >= 4 is 16.1 Å². The summed E-state index contributed by atoms with van der Waals surface area (Å²) in [5.41, 5.74) is 0.914.